The van der Waals surface area contributed by atoms with Crippen molar-refractivity contribution in [3.8, 4) is 0 Å². The summed E-state index contributed by atoms with van der Waals surface area (Å²) in [5, 5.41) is 3.45. The minimum atomic E-state index is -3.56. The Kier molecular flexibility index (Phi) is 7.50. The van der Waals surface area contributed by atoms with E-state index in [0.717, 1.165) is 22.6 Å². The quantitative estimate of drug-likeness (QED) is 0.757. The summed E-state index contributed by atoms with van der Waals surface area (Å²) in [6.07, 6.45) is 0. The van der Waals surface area contributed by atoms with Crippen LogP contribution in [-0.4, -0.2) is 33.0 Å². The maximum Gasteiger partial charge on any atom is 0.241 e. The van der Waals surface area contributed by atoms with E-state index in [2.05, 4.69) is 17.0 Å². The maximum atomic E-state index is 12.5. The molecule has 1 aromatic carbocycles. The van der Waals surface area contributed by atoms with Gasteiger partial charge in [-0.2, -0.15) is 11.8 Å². The van der Waals surface area contributed by atoms with Crippen LogP contribution in [0.4, 0.5) is 0 Å². The van der Waals surface area contributed by atoms with Crippen LogP contribution in [0.25, 0.3) is 0 Å². The van der Waals surface area contributed by atoms with Gasteiger partial charge in [0, 0.05) is 23.4 Å². The molecule has 0 saturated heterocycles. The smallest absolute Gasteiger partial charge is 0.241 e. The minimum absolute atomic E-state index is 0.119. The summed E-state index contributed by atoms with van der Waals surface area (Å²) in [5.74, 6) is 1.72. The molecule has 0 spiro atoms. The molecule has 1 unspecified atom stereocenters. The van der Waals surface area contributed by atoms with Crippen molar-refractivity contribution in [3.63, 3.8) is 0 Å². The lowest BCUT2D eigenvalue weighted by Gasteiger charge is -2.17. The van der Waals surface area contributed by atoms with Crippen molar-refractivity contribution in [3.05, 3.63) is 28.3 Å². The third-order valence-corrected chi connectivity index (χ3v) is 6.10. The summed E-state index contributed by atoms with van der Waals surface area (Å²) >= 11 is 7.77. The van der Waals surface area contributed by atoms with Gasteiger partial charge in [-0.1, -0.05) is 18.5 Å². The van der Waals surface area contributed by atoms with Gasteiger partial charge in [0.15, 0.2) is 0 Å². The molecule has 0 bridgehead atoms. The second-order valence-corrected chi connectivity index (χ2v) is 8.34. The first-order valence-corrected chi connectivity index (χ1v) is 9.87. The predicted octanol–water partition coefficient (Wildman–Crippen LogP) is 2.79. The molecule has 0 heterocycles. The number of nitrogens with one attached hydrogen (secondary N) is 2. The normalized spacial score (nSPS) is 13.4. The molecule has 1 rings (SSSR count). The van der Waals surface area contributed by atoms with E-state index >= 15 is 0 Å². The van der Waals surface area contributed by atoms with Gasteiger partial charge in [-0.05, 0) is 49.9 Å². The summed E-state index contributed by atoms with van der Waals surface area (Å²) in [6, 6.07) is 3.19. The SMILES string of the molecule is CCSCC(C)NS(=O)(=O)c1cc(Cl)cc(CNC)c1C. The van der Waals surface area contributed by atoms with Crippen LogP contribution in [0.3, 0.4) is 0 Å². The molecule has 1 aromatic rings. The van der Waals surface area contributed by atoms with Crippen LogP contribution in [0.15, 0.2) is 17.0 Å². The molecular formula is C14H23ClN2O2S2. The lowest BCUT2D eigenvalue weighted by Crippen LogP contribution is -2.34. The first-order valence-electron chi connectivity index (χ1n) is 6.85. The molecule has 0 radical (unpaired) electrons. The molecular weight excluding hydrogens is 328 g/mol. The molecule has 0 aliphatic carbocycles. The Balaban J connectivity index is 3.07. The van der Waals surface area contributed by atoms with Crippen molar-refractivity contribution in [1.29, 1.82) is 0 Å². The number of rotatable bonds is 8. The Morgan fingerprint density at radius 3 is 2.62 bits per heavy atom. The van der Waals surface area contributed by atoms with Gasteiger partial charge in [0.05, 0.1) is 4.90 Å². The molecule has 4 nitrogen and oxygen atoms in total. The summed E-state index contributed by atoms with van der Waals surface area (Å²) in [7, 11) is -1.74. The van der Waals surface area contributed by atoms with Crippen molar-refractivity contribution < 1.29 is 8.42 Å². The monoisotopic (exact) mass is 350 g/mol. The summed E-state index contributed by atoms with van der Waals surface area (Å²) in [5.41, 5.74) is 1.62. The molecule has 0 fully saturated rings. The Hall–Kier alpha value is -0.270. The summed E-state index contributed by atoms with van der Waals surface area (Å²) in [6.45, 7) is 6.31. The zero-order chi connectivity index (χ0) is 16.0. The fourth-order valence-electron chi connectivity index (χ4n) is 2.02. The van der Waals surface area contributed by atoms with Crippen molar-refractivity contribution in [1.82, 2.24) is 10.0 Å². The lowest BCUT2D eigenvalue weighted by molar-refractivity contribution is 0.570. The minimum Gasteiger partial charge on any atom is -0.316 e. The fourth-order valence-corrected chi connectivity index (χ4v) is 4.66. The molecule has 0 aromatic heterocycles. The van der Waals surface area contributed by atoms with Gasteiger partial charge in [-0.25, -0.2) is 13.1 Å². The maximum absolute atomic E-state index is 12.5. The number of sulfonamides is 1. The molecule has 0 amide bonds. The fraction of sp³-hybridized carbons (Fsp3) is 0.571. The molecule has 1 atom stereocenters. The number of hydrogen-bond donors (Lipinski definition) is 2. The highest BCUT2D eigenvalue weighted by Gasteiger charge is 2.21. The van der Waals surface area contributed by atoms with E-state index in [1.165, 1.54) is 6.07 Å². The Bertz CT molecular complexity index is 577. The van der Waals surface area contributed by atoms with Gasteiger partial charge in [-0.3, -0.25) is 0 Å². The summed E-state index contributed by atoms with van der Waals surface area (Å²) in [4.78, 5) is 0.258. The van der Waals surface area contributed by atoms with E-state index < -0.39 is 10.0 Å². The second-order valence-electron chi connectivity index (χ2n) is 4.90. The molecule has 0 aliphatic heterocycles. The number of halogens is 1. The van der Waals surface area contributed by atoms with Gasteiger partial charge in [0.1, 0.15) is 0 Å². The zero-order valence-corrected chi connectivity index (χ0v) is 15.3. The summed E-state index contributed by atoms with van der Waals surface area (Å²) < 4.78 is 27.8. The van der Waals surface area contributed by atoms with Crippen LogP contribution in [0.2, 0.25) is 5.02 Å². The Morgan fingerprint density at radius 2 is 2.05 bits per heavy atom. The first-order chi connectivity index (χ1) is 9.81. The molecule has 21 heavy (non-hydrogen) atoms. The molecule has 7 heteroatoms. The van der Waals surface area contributed by atoms with Crippen LogP contribution >= 0.6 is 23.4 Å². The third kappa shape index (κ3) is 5.45. The topological polar surface area (TPSA) is 58.2 Å². The van der Waals surface area contributed by atoms with E-state index in [0.29, 0.717) is 11.6 Å². The van der Waals surface area contributed by atoms with Gasteiger partial charge in [0.25, 0.3) is 0 Å². The average molecular weight is 351 g/mol. The predicted molar refractivity (Wildman–Crippen MR) is 91.7 cm³/mol. The van der Waals surface area contributed by atoms with Crippen LogP contribution in [0.5, 0.6) is 0 Å². The van der Waals surface area contributed by atoms with Gasteiger partial charge in [0.2, 0.25) is 10.0 Å². The lowest BCUT2D eigenvalue weighted by atomic mass is 10.1. The standard InChI is InChI=1S/C14H23ClN2O2S2/c1-5-20-9-10(2)17-21(18,19)14-7-13(15)6-12(8-16-4)11(14)3/h6-7,10,16-17H,5,8-9H2,1-4H3. The zero-order valence-electron chi connectivity index (χ0n) is 12.9. The van der Waals surface area contributed by atoms with Crippen LogP contribution < -0.4 is 10.0 Å². The molecule has 2 N–H and O–H groups in total. The van der Waals surface area contributed by atoms with E-state index in [9.17, 15) is 8.42 Å². The number of thioether (sulfide) groups is 1. The van der Waals surface area contributed by atoms with Gasteiger partial charge in [-0.15, -0.1) is 0 Å². The molecule has 120 valence electrons. The van der Waals surface area contributed by atoms with E-state index in [1.807, 2.05) is 20.9 Å². The van der Waals surface area contributed by atoms with E-state index in [4.69, 9.17) is 11.6 Å². The molecule has 0 aliphatic rings. The highest BCUT2D eigenvalue weighted by atomic mass is 35.5. The Labute approximate surface area is 137 Å². The van der Waals surface area contributed by atoms with Gasteiger partial charge >= 0.3 is 0 Å². The van der Waals surface area contributed by atoms with E-state index in [1.54, 1.807) is 17.8 Å². The van der Waals surface area contributed by atoms with Crippen molar-refractivity contribution in [2.45, 2.75) is 38.3 Å². The average Bonchev–Trinajstić information content (AvgIpc) is 2.39. The Morgan fingerprint density at radius 1 is 1.38 bits per heavy atom. The number of hydrogen-bond acceptors (Lipinski definition) is 4. The van der Waals surface area contributed by atoms with Gasteiger partial charge < -0.3 is 5.32 Å². The molecule has 0 saturated carbocycles. The second kappa shape index (κ2) is 8.39. The number of benzene rings is 1. The highest BCUT2D eigenvalue weighted by Crippen LogP contribution is 2.24. The highest BCUT2D eigenvalue weighted by molar-refractivity contribution is 7.99. The van der Waals surface area contributed by atoms with Crippen LogP contribution in [-0.2, 0) is 16.6 Å². The van der Waals surface area contributed by atoms with Crippen LogP contribution in [0.1, 0.15) is 25.0 Å². The first kappa shape index (κ1) is 18.8. The largest absolute Gasteiger partial charge is 0.316 e. The van der Waals surface area contributed by atoms with Crippen molar-refractivity contribution >= 4 is 33.4 Å². The van der Waals surface area contributed by atoms with Crippen LogP contribution in [0, 0.1) is 6.92 Å². The van der Waals surface area contributed by atoms with Crippen molar-refractivity contribution in [2.75, 3.05) is 18.6 Å². The van der Waals surface area contributed by atoms with E-state index in [-0.39, 0.29) is 10.9 Å². The van der Waals surface area contributed by atoms with Crippen molar-refractivity contribution in [2.24, 2.45) is 0 Å². The third-order valence-electron chi connectivity index (χ3n) is 3.02.